The highest BCUT2D eigenvalue weighted by atomic mass is 16.6. The van der Waals surface area contributed by atoms with Crippen LogP contribution in [-0.2, 0) is 4.74 Å². The molecule has 0 heterocycles. The van der Waals surface area contributed by atoms with Crippen LogP contribution < -0.4 is 11.6 Å². The monoisotopic (exact) mass is 244 g/mol. The lowest BCUT2D eigenvalue weighted by Gasteiger charge is -2.27. The molecule has 1 amide bonds. The zero-order valence-corrected chi connectivity index (χ0v) is 11.1. The minimum atomic E-state index is -0.482. The van der Waals surface area contributed by atoms with Crippen LogP contribution in [0.3, 0.4) is 0 Å². The first-order valence-electron chi connectivity index (χ1n) is 5.67. The lowest BCUT2D eigenvalue weighted by atomic mass is 10.2. The van der Waals surface area contributed by atoms with Crippen molar-refractivity contribution in [2.45, 2.75) is 33.3 Å². The number of hydrazine groups is 1. The quantitative estimate of drug-likeness (QED) is 0.553. The summed E-state index contributed by atoms with van der Waals surface area (Å²) in [6, 6.07) is 0. The SMILES string of the molecule is CCN(CCN(N)/C=C\N)C(=O)OC(C)(C)C. The molecule has 6 nitrogen and oxygen atoms in total. The van der Waals surface area contributed by atoms with E-state index in [4.69, 9.17) is 16.3 Å². The molecule has 0 fully saturated rings. The summed E-state index contributed by atoms with van der Waals surface area (Å²) in [6.45, 7) is 8.98. The number of hydrogen-bond acceptors (Lipinski definition) is 5. The van der Waals surface area contributed by atoms with Gasteiger partial charge in [0.2, 0.25) is 0 Å². The van der Waals surface area contributed by atoms with E-state index in [9.17, 15) is 4.79 Å². The molecule has 0 aromatic carbocycles. The third-order valence-electron chi connectivity index (χ3n) is 1.94. The van der Waals surface area contributed by atoms with Crippen molar-refractivity contribution < 1.29 is 9.53 Å². The number of likely N-dealkylation sites (N-methyl/N-ethyl adjacent to an activating group) is 1. The fraction of sp³-hybridized carbons (Fsp3) is 0.727. The molecule has 0 radical (unpaired) electrons. The first-order chi connectivity index (χ1) is 7.80. The number of amides is 1. The van der Waals surface area contributed by atoms with Gasteiger partial charge in [-0.25, -0.2) is 10.6 Å². The Morgan fingerprint density at radius 2 is 1.94 bits per heavy atom. The Morgan fingerprint density at radius 3 is 2.35 bits per heavy atom. The van der Waals surface area contributed by atoms with E-state index in [2.05, 4.69) is 0 Å². The summed E-state index contributed by atoms with van der Waals surface area (Å²) >= 11 is 0. The Labute approximate surface area is 103 Å². The Kier molecular flexibility index (Phi) is 6.42. The van der Waals surface area contributed by atoms with Crippen LogP contribution in [0.15, 0.2) is 12.4 Å². The summed E-state index contributed by atoms with van der Waals surface area (Å²) in [5.41, 5.74) is 4.72. The molecule has 0 aliphatic rings. The summed E-state index contributed by atoms with van der Waals surface area (Å²) in [6.07, 6.45) is 2.57. The van der Waals surface area contributed by atoms with E-state index in [1.807, 2.05) is 27.7 Å². The zero-order chi connectivity index (χ0) is 13.5. The van der Waals surface area contributed by atoms with Gasteiger partial charge in [0.05, 0.1) is 6.54 Å². The normalized spacial score (nSPS) is 11.6. The summed E-state index contributed by atoms with van der Waals surface area (Å²) < 4.78 is 5.27. The van der Waals surface area contributed by atoms with Crippen molar-refractivity contribution in [2.75, 3.05) is 19.6 Å². The summed E-state index contributed by atoms with van der Waals surface area (Å²) in [5, 5.41) is 1.42. The zero-order valence-electron chi connectivity index (χ0n) is 11.1. The van der Waals surface area contributed by atoms with Crippen LogP contribution in [0.4, 0.5) is 4.79 Å². The highest BCUT2D eigenvalue weighted by Gasteiger charge is 2.20. The fourth-order valence-corrected chi connectivity index (χ4v) is 1.13. The van der Waals surface area contributed by atoms with Crippen LogP contribution in [0.1, 0.15) is 27.7 Å². The van der Waals surface area contributed by atoms with E-state index in [1.54, 1.807) is 11.1 Å². The maximum absolute atomic E-state index is 11.8. The van der Waals surface area contributed by atoms with Crippen molar-refractivity contribution in [1.29, 1.82) is 0 Å². The molecule has 100 valence electrons. The van der Waals surface area contributed by atoms with Crippen molar-refractivity contribution in [2.24, 2.45) is 11.6 Å². The Hall–Kier alpha value is -1.43. The minimum Gasteiger partial charge on any atom is -0.444 e. The summed E-state index contributed by atoms with van der Waals surface area (Å²) in [7, 11) is 0. The Balaban J connectivity index is 4.19. The van der Waals surface area contributed by atoms with Gasteiger partial charge in [-0.1, -0.05) is 0 Å². The highest BCUT2D eigenvalue weighted by molar-refractivity contribution is 5.68. The molecule has 17 heavy (non-hydrogen) atoms. The number of ether oxygens (including phenoxy) is 1. The van der Waals surface area contributed by atoms with Crippen LogP contribution in [0.5, 0.6) is 0 Å². The van der Waals surface area contributed by atoms with Crippen LogP contribution in [-0.4, -0.2) is 41.2 Å². The number of carbonyl (C=O) groups is 1. The molecule has 0 aliphatic heterocycles. The molecule has 4 N–H and O–H groups in total. The average molecular weight is 244 g/mol. The van der Waals surface area contributed by atoms with Gasteiger partial charge >= 0.3 is 6.09 Å². The standard InChI is InChI=1S/C11H24N4O2/c1-5-14(8-9-15(13)7-6-12)10(16)17-11(2,3)4/h6-7H,5,8-9,12-13H2,1-4H3/b7-6-. The lowest BCUT2D eigenvalue weighted by molar-refractivity contribution is 0.0250. The van der Waals surface area contributed by atoms with E-state index in [0.29, 0.717) is 19.6 Å². The lowest BCUT2D eigenvalue weighted by Crippen LogP contribution is -2.41. The molecule has 0 aromatic heterocycles. The molecular weight excluding hydrogens is 220 g/mol. The van der Waals surface area contributed by atoms with Crippen LogP contribution >= 0.6 is 0 Å². The van der Waals surface area contributed by atoms with Gasteiger partial charge in [0, 0.05) is 25.5 Å². The smallest absolute Gasteiger partial charge is 0.410 e. The van der Waals surface area contributed by atoms with E-state index < -0.39 is 5.60 Å². The molecular formula is C11H24N4O2. The van der Waals surface area contributed by atoms with E-state index in [0.717, 1.165) is 0 Å². The molecule has 0 atom stereocenters. The second kappa shape index (κ2) is 7.01. The topological polar surface area (TPSA) is 84.8 Å². The first kappa shape index (κ1) is 15.6. The van der Waals surface area contributed by atoms with Crippen molar-refractivity contribution >= 4 is 6.09 Å². The van der Waals surface area contributed by atoms with Gasteiger partial charge in [-0.2, -0.15) is 0 Å². The number of nitrogens with zero attached hydrogens (tertiary/aromatic N) is 2. The highest BCUT2D eigenvalue weighted by Crippen LogP contribution is 2.09. The maximum Gasteiger partial charge on any atom is 0.410 e. The van der Waals surface area contributed by atoms with Crippen LogP contribution in [0.25, 0.3) is 0 Å². The fourth-order valence-electron chi connectivity index (χ4n) is 1.13. The van der Waals surface area contributed by atoms with E-state index in [1.165, 1.54) is 11.2 Å². The largest absolute Gasteiger partial charge is 0.444 e. The summed E-state index contributed by atoms with van der Waals surface area (Å²) in [5.74, 6) is 5.60. The third-order valence-corrected chi connectivity index (χ3v) is 1.94. The van der Waals surface area contributed by atoms with Crippen LogP contribution in [0.2, 0.25) is 0 Å². The molecule has 0 bridgehead atoms. The van der Waals surface area contributed by atoms with Crippen molar-refractivity contribution in [1.82, 2.24) is 9.91 Å². The third kappa shape index (κ3) is 7.46. The van der Waals surface area contributed by atoms with Crippen LogP contribution in [0, 0.1) is 0 Å². The molecule has 0 spiro atoms. The number of hydrogen-bond donors (Lipinski definition) is 2. The van der Waals surface area contributed by atoms with Gasteiger partial charge in [0.1, 0.15) is 5.60 Å². The number of rotatable bonds is 5. The van der Waals surface area contributed by atoms with Gasteiger partial charge in [-0.05, 0) is 27.7 Å². The molecule has 0 unspecified atom stereocenters. The summed E-state index contributed by atoms with van der Waals surface area (Å²) in [4.78, 5) is 13.4. The minimum absolute atomic E-state index is 0.329. The maximum atomic E-state index is 11.8. The number of carbonyl (C=O) groups excluding carboxylic acids is 1. The molecule has 0 saturated carbocycles. The second-order valence-corrected chi connectivity index (χ2v) is 4.64. The molecule has 0 aromatic rings. The molecule has 0 saturated heterocycles. The van der Waals surface area contributed by atoms with E-state index in [-0.39, 0.29) is 6.09 Å². The molecule has 6 heteroatoms. The van der Waals surface area contributed by atoms with Crippen molar-refractivity contribution in [3.8, 4) is 0 Å². The van der Waals surface area contributed by atoms with Gasteiger partial charge in [0.15, 0.2) is 0 Å². The van der Waals surface area contributed by atoms with Gasteiger partial charge in [0.25, 0.3) is 0 Å². The van der Waals surface area contributed by atoms with E-state index >= 15 is 0 Å². The van der Waals surface area contributed by atoms with Crippen molar-refractivity contribution in [3.63, 3.8) is 0 Å². The predicted molar refractivity (Wildman–Crippen MR) is 67.7 cm³/mol. The first-order valence-corrected chi connectivity index (χ1v) is 5.67. The van der Waals surface area contributed by atoms with Gasteiger partial charge in [-0.15, -0.1) is 0 Å². The molecule has 0 rings (SSSR count). The number of nitrogens with two attached hydrogens (primary N) is 2. The molecule has 0 aliphatic carbocycles. The van der Waals surface area contributed by atoms with Gasteiger partial charge < -0.3 is 20.4 Å². The predicted octanol–water partition coefficient (Wildman–Crippen LogP) is 0.849. The Morgan fingerprint density at radius 1 is 1.35 bits per heavy atom. The van der Waals surface area contributed by atoms with Crippen molar-refractivity contribution in [3.05, 3.63) is 12.4 Å². The van der Waals surface area contributed by atoms with Gasteiger partial charge in [-0.3, -0.25) is 0 Å². The Bertz CT molecular complexity index is 261. The second-order valence-electron chi connectivity index (χ2n) is 4.64. The average Bonchev–Trinajstić information content (AvgIpc) is 2.16.